The van der Waals surface area contributed by atoms with Crippen LogP contribution in [-0.4, -0.2) is 4.98 Å². The van der Waals surface area contributed by atoms with Crippen molar-refractivity contribution in [3.8, 4) is 0 Å². The average Bonchev–Trinajstić information content (AvgIpc) is 2.46. The van der Waals surface area contributed by atoms with Crippen LogP contribution in [0.1, 0.15) is 5.01 Å². The van der Waals surface area contributed by atoms with Gasteiger partial charge in [0.1, 0.15) is 0 Å². The van der Waals surface area contributed by atoms with Gasteiger partial charge < -0.3 is 4.85 Å². The maximum absolute atomic E-state index is 6.74. The molecule has 4 heteroatoms. The Balaban J connectivity index is 2.57. The molecule has 13 heavy (non-hydrogen) atoms. The lowest BCUT2D eigenvalue weighted by atomic mass is 10.3. The third-order valence-electron chi connectivity index (χ3n) is 1.61. The van der Waals surface area contributed by atoms with Gasteiger partial charge in [0.05, 0.1) is 10.2 Å². The lowest BCUT2D eigenvalue weighted by molar-refractivity contribution is 1.21. The van der Waals surface area contributed by atoms with E-state index in [9.17, 15) is 0 Å². The molecule has 0 aliphatic heterocycles. The molecule has 0 spiro atoms. The largest absolute Gasteiger partial charge is 0.309 e. The molecule has 1 aromatic heterocycles. The SMILES string of the molecule is [C-]#[N+]Cc1nc2ccc(Br)cc2s1. The van der Waals surface area contributed by atoms with Crippen LogP contribution in [0.5, 0.6) is 0 Å². The second-order valence-electron chi connectivity index (χ2n) is 2.54. The van der Waals surface area contributed by atoms with Gasteiger partial charge in [-0.25, -0.2) is 11.6 Å². The Morgan fingerprint density at radius 1 is 1.54 bits per heavy atom. The van der Waals surface area contributed by atoms with E-state index in [0.717, 1.165) is 19.7 Å². The number of halogens is 1. The molecular formula is C9H5BrN2S. The van der Waals surface area contributed by atoms with Gasteiger partial charge in [0, 0.05) is 4.47 Å². The van der Waals surface area contributed by atoms with Gasteiger partial charge in [-0.3, -0.25) is 0 Å². The van der Waals surface area contributed by atoms with Crippen LogP contribution in [0.4, 0.5) is 0 Å². The Bertz CT molecular complexity index is 484. The minimum atomic E-state index is 0.386. The van der Waals surface area contributed by atoms with Crippen molar-refractivity contribution in [3.05, 3.63) is 39.1 Å². The first-order valence-corrected chi connectivity index (χ1v) is 5.29. The van der Waals surface area contributed by atoms with Gasteiger partial charge in [0.25, 0.3) is 6.54 Å². The van der Waals surface area contributed by atoms with E-state index in [0.29, 0.717) is 6.54 Å². The molecule has 0 fully saturated rings. The van der Waals surface area contributed by atoms with Crippen molar-refractivity contribution < 1.29 is 0 Å². The van der Waals surface area contributed by atoms with Gasteiger partial charge >= 0.3 is 0 Å². The molecule has 1 aromatic carbocycles. The topological polar surface area (TPSA) is 17.2 Å². The van der Waals surface area contributed by atoms with Gasteiger partial charge in [-0.2, -0.15) is 0 Å². The predicted octanol–water partition coefficient (Wildman–Crippen LogP) is 3.48. The van der Waals surface area contributed by atoms with Gasteiger partial charge in [-0.15, -0.1) is 11.3 Å². The van der Waals surface area contributed by atoms with Crippen molar-refractivity contribution in [3.63, 3.8) is 0 Å². The van der Waals surface area contributed by atoms with Crippen molar-refractivity contribution >= 4 is 37.5 Å². The molecule has 2 rings (SSSR count). The molecule has 2 nitrogen and oxygen atoms in total. The van der Waals surface area contributed by atoms with Crippen molar-refractivity contribution in [2.75, 3.05) is 0 Å². The molecule has 0 aliphatic rings. The molecule has 1 heterocycles. The average molecular weight is 253 g/mol. The van der Waals surface area contributed by atoms with E-state index in [4.69, 9.17) is 6.57 Å². The fourth-order valence-electron chi connectivity index (χ4n) is 1.08. The Hall–Kier alpha value is -0.920. The Kier molecular flexibility index (Phi) is 2.30. The van der Waals surface area contributed by atoms with Crippen LogP contribution in [-0.2, 0) is 6.54 Å². The van der Waals surface area contributed by atoms with E-state index in [-0.39, 0.29) is 0 Å². The summed E-state index contributed by atoms with van der Waals surface area (Å²) >= 11 is 4.98. The minimum absolute atomic E-state index is 0.386. The fourth-order valence-corrected chi connectivity index (χ4v) is 2.53. The molecule has 2 aromatic rings. The number of hydrogen-bond donors (Lipinski definition) is 0. The summed E-state index contributed by atoms with van der Waals surface area (Å²) in [6, 6.07) is 5.95. The number of fused-ring (bicyclic) bond motifs is 1. The Morgan fingerprint density at radius 3 is 3.15 bits per heavy atom. The van der Waals surface area contributed by atoms with E-state index >= 15 is 0 Å². The number of nitrogens with zero attached hydrogens (tertiary/aromatic N) is 2. The second kappa shape index (κ2) is 3.44. The fraction of sp³-hybridized carbons (Fsp3) is 0.111. The maximum atomic E-state index is 6.74. The summed E-state index contributed by atoms with van der Waals surface area (Å²) in [6.07, 6.45) is 0. The zero-order valence-electron chi connectivity index (χ0n) is 6.62. The lowest BCUT2D eigenvalue weighted by Crippen LogP contribution is -1.73. The summed E-state index contributed by atoms with van der Waals surface area (Å²) < 4.78 is 2.19. The van der Waals surface area contributed by atoms with E-state index in [1.807, 2.05) is 18.2 Å². The number of aromatic nitrogens is 1. The van der Waals surface area contributed by atoms with Crippen LogP contribution in [0.25, 0.3) is 15.1 Å². The number of benzene rings is 1. The molecule has 0 amide bonds. The van der Waals surface area contributed by atoms with Crippen LogP contribution in [0.15, 0.2) is 22.7 Å². The highest BCUT2D eigenvalue weighted by Crippen LogP contribution is 2.25. The number of thiazole rings is 1. The van der Waals surface area contributed by atoms with E-state index in [1.165, 1.54) is 0 Å². The van der Waals surface area contributed by atoms with Crippen LogP contribution < -0.4 is 0 Å². The smallest absolute Gasteiger partial charge is 0.265 e. The maximum Gasteiger partial charge on any atom is 0.265 e. The van der Waals surface area contributed by atoms with Crippen molar-refractivity contribution in [2.24, 2.45) is 0 Å². The van der Waals surface area contributed by atoms with Crippen LogP contribution in [0.2, 0.25) is 0 Å². The molecule has 0 saturated heterocycles. The van der Waals surface area contributed by atoms with Crippen molar-refractivity contribution in [2.45, 2.75) is 6.54 Å². The summed E-state index contributed by atoms with van der Waals surface area (Å²) in [5, 5.41) is 0.892. The highest BCUT2D eigenvalue weighted by atomic mass is 79.9. The first-order chi connectivity index (χ1) is 6.29. The number of hydrogen-bond acceptors (Lipinski definition) is 2. The summed E-state index contributed by atoms with van der Waals surface area (Å²) in [5.41, 5.74) is 0.979. The third-order valence-corrected chi connectivity index (χ3v) is 3.11. The van der Waals surface area contributed by atoms with E-state index < -0.39 is 0 Å². The summed E-state index contributed by atoms with van der Waals surface area (Å²) in [6.45, 7) is 7.12. The molecule has 64 valence electrons. The molecule has 0 N–H and O–H groups in total. The highest BCUT2D eigenvalue weighted by Gasteiger charge is 2.04. The van der Waals surface area contributed by atoms with Crippen LogP contribution in [0.3, 0.4) is 0 Å². The molecule has 0 saturated carbocycles. The minimum Gasteiger partial charge on any atom is -0.309 e. The third kappa shape index (κ3) is 1.71. The summed E-state index contributed by atoms with van der Waals surface area (Å²) in [4.78, 5) is 7.64. The Morgan fingerprint density at radius 2 is 2.38 bits per heavy atom. The van der Waals surface area contributed by atoms with Gasteiger partial charge in [0.2, 0.25) is 0 Å². The van der Waals surface area contributed by atoms with Crippen molar-refractivity contribution in [1.82, 2.24) is 4.98 Å². The molecule has 0 unspecified atom stereocenters. The highest BCUT2D eigenvalue weighted by molar-refractivity contribution is 9.10. The molecule has 0 bridgehead atoms. The quantitative estimate of drug-likeness (QED) is 0.711. The zero-order valence-corrected chi connectivity index (χ0v) is 9.02. The second-order valence-corrected chi connectivity index (χ2v) is 4.57. The van der Waals surface area contributed by atoms with Crippen LogP contribution >= 0.6 is 27.3 Å². The van der Waals surface area contributed by atoms with E-state index in [1.54, 1.807) is 11.3 Å². The first-order valence-electron chi connectivity index (χ1n) is 3.68. The van der Waals surface area contributed by atoms with Gasteiger partial charge in [-0.05, 0) is 18.2 Å². The monoisotopic (exact) mass is 252 g/mol. The number of rotatable bonds is 1. The molecule has 0 atom stereocenters. The van der Waals surface area contributed by atoms with Crippen LogP contribution in [0, 0.1) is 6.57 Å². The van der Waals surface area contributed by atoms with Gasteiger partial charge in [0.15, 0.2) is 5.01 Å². The first kappa shape index (κ1) is 8.67. The van der Waals surface area contributed by atoms with E-state index in [2.05, 4.69) is 25.8 Å². The molecule has 0 aliphatic carbocycles. The Labute approximate surface area is 88.2 Å². The van der Waals surface area contributed by atoms with Gasteiger partial charge in [-0.1, -0.05) is 15.9 Å². The standard InChI is InChI=1S/C9H5BrN2S/c1-11-5-9-12-7-3-2-6(10)4-8(7)13-9/h2-4H,5H2. The molecule has 0 radical (unpaired) electrons. The summed E-state index contributed by atoms with van der Waals surface area (Å²) in [5.74, 6) is 0. The summed E-state index contributed by atoms with van der Waals surface area (Å²) in [7, 11) is 0. The molecular weight excluding hydrogens is 248 g/mol. The van der Waals surface area contributed by atoms with Crippen molar-refractivity contribution in [1.29, 1.82) is 0 Å². The zero-order chi connectivity index (χ0) is 9.26. The lowest BCUT2D eigenvalue weighted by Gasteiger charge is -1.86. The predicted molar refractivity (Wildman–Crippen MR) is 57.6 cm³/mol. The normalized spacial score (nSPS) is 10.2.